The van der Waals surface area contributed by atoms with E-state index in [4.69, 9.17) is 9.47 Å². The molecule has 1 aromatic heterocycles. The van der Waals surface area contributed by atoms with Crippen molar-refractivity contribution in [2.45, 2.75) is 18.7 Å². The Labute approximate surface area is 158 Å². The average molecular weight is 387 g/mol. The normalized spacial score (nSPS) is 11.3. The van der Waals surface area contributed by atoms with E-state index in [-0.39, 0.29) is 10.6 Å². The highest BCUT2D eigenvalue weighted by Crippen LogP contribution is 2.31. The van der Waals surface area contributed by atoms with Crippen molar-refractivity contribution in [1.82, 2.24) is 9.78 Å². The number of anilines is 1. The number of hydrogen-bond donors (Lipinski definition) is 1. The first-order valence-corrected chi connectivity index (χ1v) is 9.72. The number of methoxy groups -OCH3 is 2. The third kappa shape index (κ3) is 3.61. The molecule has 27 heavy (non-hydrogen) atoms. The number of para-hydroxylation sites is 1. The molecule has 1 N–H and O–H groups in total. The lowest BCUT2D eigenvalue weighted by Gasteiger charge is -2.13. The summed E-state index contributed by atoms with van der Waals surface area (Å²) < 4.78 is 40.7. The van der Waals surface area contributed by atoms with E-state index in [0.717, 1.165) is 5.69 Å². The van der Waals surface area contributed by atoms with Gasteiger partial charge in [0.15, 0.2) is 0 Å². The highest BCUT2D eigenvalue weighted by molar-refractivity contribution is 7.92. The zero-order chi connectivity index (χ0) is 19.6. The Bertz CT molecular complexity index is 1060. The molecule has 8 heteroatoms. The van der Waals surface area contributed by atoms with Gasteiger partial charge in [0.05, 0.1) is 37.0 Å². The van der Waals surface area contributed by atoms with E-state index >= 15 is 0 Å². The third-order valence-corrected chi connectivity index (χ3v) is 5.56. The fourth-order valence-corrected chi connectivity index (χ4v) is 4.16. The van der Waals surface area contributed by atoms with E-state index in [1.165, 1.54) is 20.3 Å². The minimum absolute atomic E-state index is 0.00406. The lowest BCUT2D eigenvalue weighted by molar-refractivity contribution is 0.392. The number of rotatable bonds is 6. The van der Waals surface area contributed by atoms with Gasteiger partial charge in [-0.2, -0.15) is 5.10 Å². The van der Waals surface area contributed by atoms with Crippen molar-refractivity contribution in [3.05, 3.63) is 59.9 Å². The molecule has 0 amide bonds. The molecule has 7 nitrogen and oxygen atoms in total. The second kappa shape index (κ2) is 7.32. The summed E-state index contributed by atoms with van der Waals surface area (Å²) in [5.74, 6) is 0.652. The molecule has 2 aromatic carbocycles. The van der Waals surface area contributed by atoms with Gasteiger partial charge in [-0.05, 0) is 38.1 Å². The predicted molar refractivity (Wildman–Crippen MR) is 103 cm³/mol. The summed E-state index contributed by atoms with van der Waals surface area (Å²) in [5.41, 5.74) is 2.54. The molecule has 0 atom stereocenters. The molecule has 0 unspecified atom stereocenters. The van der Waals surface area contributed by atoms with Crippen molar-refractivity contribution in [1.29, 1.82) is 0 Å². The van der Waals surface area contributed by atoms with Crippen molar-refractivity contribution in [3.63, 3.8) is 0 Å². The van der Waals surface area contributed by atoms with Crippen molar-refractivity contribution >= 4 is 15.7 Å². The smallest absolute Gasteiger partial charge is 0.265 e. The summed E-state index contributed by atoms with van der Waals surface area (Å²) in [6.07, 6.45) is 0. The van der Waals surface area contributed by atoms with E-state index < -0.39 is 10.0 Å². The summed E-state index contributed by atoms with van der Waals surface area (Å²) in [6.45, 7) is 3.57. The summed E-state index contributed by atoms with van der Waals surface area (Å²) in [7, 11) is -1.01. The Morgan fingerprint density at radius 1 is 1.00 bits per heavy atom. The first-order valence-electron chi connectivity index (χ1n) is 8.24. The molecule has 0 aliphatic heterocycles. The second-order valence-electron chi connectivity index (χ2n) is 5.92. The standard InChI is InChI=1S/C19H21N3O4S/c1-13-19(14(2)22(20-13)15-8-6-5-7-9-15)21-27(23,24)18-12-16(25-3)10-11-17(18)26-4/h5-12,21H,1-4H3. The largest absolute Gasteiger partial charge is 0.497 e. The molecule has 0 saturated heterocycles. The van der Waals surface area contributed by atoms with Crippen LogP contribution in [-0.2, 0) is 10.0 Å². The minimum atomic E-state index is -3.91. The van der Waals surface area contributed by atoms with Crippen molar-refractivity contribution in [3.8, 4) is 17.2 Å². The van der Waals surface area contributed by atoms with Crippen LogP contribution >= 0.6 is 0 Å². The molecule has 1 heterocycles. The number of benzene rings is 2. The minimum Gasteiger partial charge on any atom is -0.497 e. The van der Waals surface area contributed by atoms with Crippen LogP contribution < -0.4 is 14.2 Å². The first kappa shape index (κ1) is 18.8. The lowest BCUT2D eigenvalue weighted by atomic mass is 10.3. The Morgan fingerprint density at radius 2 is 1.70 bits per heavy atom. The molecular weight excluding hydrogens is 366 g/mol. The molecule has 0 spiro atoms. The highest BCUT2D eigenvalue weighted by Gasteiger charge is 2.24. The highest BCUT2D eigenvalue weighted by atomic mass is 32.2. The van der Waals surface area contributed by atoms with Gasteiger partial charge in [0.1, 0.15) is 16.4 Å². The average Bonchev–Trinajstić information content (AvgIpc) is 2.96. The molecule has 0 fully saturated rings. The number of nitrogens with zero attached hydrogens (tertiary/aromatic N) is 2. The summed E-state index contributed by atoms with van der Waals surface area (Å²) in [5, 5.41) is 4.47. The van der Waals surface area contributed by atoms with Gasteiger partial charge in [-0.3, -0.25) is 4.72 Å². The van der Waals surface area contributed by atoms with Gasteiger partial charge in [-0.25, -0.2) is 13.1 Å². The lowest BCUT2D eigenvalue weighted by Crippen LogP contribution is -2.15. The topological polar surface area (TPSA) is 82.4 Å². The van der Waals surface area contributed by atoms with E-state index in [2.05, 4.69) is 9.82 Å². The summed E-state index contributed by atoms with van der Waals surface area (Å²) in [4.78, 5) is -0.00406. The van der Waals surface area contributed by atoms with Crippen molar-refractivity contribution in [2.75, 3.05) is 18.9 Å². The zero-order valence-corrected chi connectivity index (χ0v) is 16.4. The van der Waals surface area contributed by atoms with Gasteiger partial charge < -0.3 is 9.47 Å². The van der Waals surface area contributed by atoms with Crippen LogP contribution in [-0.4, -0.2) is 32.4 Å². The SMILES string of the molecule is COc1ccc(OC)c(S(=O)(=O)Nc2c(C)nn(-c3ccccc3)c2C)c1. The molecule has 3 rings (SSSR count). The van der Waals surface area contributed by atoms with Gasteiger partial charge in [0.2, 0.25) is 0 Å². The van der Waals surface area contributed by atoms with E-state index in [1.807, 2.05) is 37.3 Å². The number of nitrogens with one attached hydrogen (secondary N) is 1. The van der Waals surface area contributed by atoms with Gasteiger partial charge in [-0.1, -0.05) is 18.2 Å². The van der Waals surface area contributed by atoms with Crippen LogP contribution in [0, 0.1) is 13.8 Å². The number of aromatic nitrogens is 2. The molecule has 0 bridgehead atoms. The molecule has 142 valence electrons. The fourth-order valence-electron chi connectivity index (χ4n) is 2.79. The van der Waals surface area contributed by atoms with Gasteiger partial charge in [0.25, 0.3) is 10.0 Å². The van der Waals surface area contributed by atoms with Crippen molar-refractivity contribution < 1.29 is 17.9 Å². The molecule has 0 aliphatic rings. The Hall–Kier alpha value is -3.00. The third-order valence-electron chi connectivity index (χ3n) is 4.19. The maximum Gasteiger partial charge on any atom is 0.265 e. The number of aryl methyl sites for hydroxylation is 1. The molecule has 3 aromatic rings. The van der Waals surface area contributed by atoms with Crippen LogP contribution in [0.15, 0.2) is 53.4 Å². The predicted octanol–water partition coefficient (Wildman–Crippen LogP) is 3.31. The van der Waals surface area contributed by atoms with Crippen LogP contribution in [0.1, 0.15) is 11.4 Å². The Morgan fingerprint density at radius 3 is 2.33 bits per heavy atom. The fraction of sp³-hybridized carbons (Fsp3) is 0.211. The molecule has 0 aliphatic carbocycles. The van der Waals surface area contributed by atoms with Gasteiger partial charge in [-0.15, -0.1) is 0 Å². The summed E-state index contributed by atoms with van der Waals surface area (Å²) in [6, 6.07) is 14.1. The first-order chi connectivity index (χ1) is 12.9. The molecular formula is C19H21N3O4S. The van der Waals surface area contributed by atoms with Gasteiger partial charge >= 0.3 is 0 Å². The van der Waals surface area contributed by atoms with Crippen LogP contribution in [0.4, 0.5) is 5.69 Å². The maximum absolute atomic E-state index is 13.0. The quantitative estimate of drug-likeness (QED) is 0.702. The van der Waals surface area contributed by atoms with E-state index in [0.29, 0.717) is 22.8 Å². The van der Waals surface area contributed by atoms with E-state index in [1.54, 1.807) is 23.7 Å². The molecule has 0 saturated carbocycles. The maximum atomic E-state index is 13.0. The number of ether oxygens (including phenoxy) is 2. The van der Waals surface area contributed by atoms with Crippen LogP contribution in [0.5, 0.6) is 11.5 Å². The monoisotopic (exact) mass is 387 g/mol. The summed E-state index contributed by atoms with van der Waals surface area (Å²) >= 11 is 0. The van der Waals surface area contributed by atoms with Gasteiger partial charge in [0, 0.05) is 6.07 Å². The van der Waals surface area contributed by atoms with Crippen molar-refractivity contribution in [2.24, 2.45) is 0 Å². The second-order valence-corrected chi connectivity index (χ2v) is 7.57. The number of hydrogen-bond acceptors (Lipinski definition) is 5. The Kier molecular flexibility index (Phi) is 5.09. The Balaban J connectivity index is 2.04. The van der Waals surface area contributed by atoms with Crippen LogP contribution in [0.25, 0.3) is 5.69 Å². The number of sulfonamides is 1. The zero-order valence-electron chi connectivity index (χ0n) is 15.6. The molecule has 0 radical (unpaired) electrons. The van der Waals surface area contributed by atoms with E-state index in [9.17, 15) is 8.42 Å². The van der Waals surface area contributed by atoms with Crippen LogP contribution in [0.3, 0.4) is 0 Å². The van der Waals surface area contributed by atoms with Crippen LogP contribution in [0.2, 0.25) is 0 Å².